The van der Waals surface area contributed by atoms with Crippen molar-refractivity contribution in [1.82, 2.24) is 5.32 Å². The van der Waals surface area contributed by atoms with Crippen molar-refractivity contribution in [2.45, 2.75) is 19.1 Å². The molecule has 168 valence electrons. The molecule has 1 heterocycles. The zero-order valence-corrected chi connectivity index (χ0v) is 17.4. The highest BCUT2D eigenvalue weighted by atomic mass is 19.1. The van der Waals surface area contributed by atoms with Gasteiger partial charge in [0.2, 0.25) is 5.91 Å². The summed E-state index contributed by atoms with van der Waals surface area (Å²) in [7, 11) is 0. The number of benzene rings is 2. The summed E-state index contributed by atoms with van der Waals surface area (Å²) in [5.41, 5.74) is 1.98. The second-order valence-electron chi connectivity index (χ2n) is 7.17. The highest BCUT2D eigenvalue weighted by molar-refractivity contribution is 6.15. The minimum absolute atomic E-state index is 0.142. The van der Waals surface area contributed by atoms with Crippen LogP contribution in [0.15, 0.2) is 52.6 Å². The van der Waals surface area contributed by atoms with Crippen molar-refractivity contribution in [3.8, 4) is 11.1 Å². The summed E-state index contributed by atoms with van der Waals surface area (Å²) in [5, 5.41) is 16.0. The van der Waals surface area contributed by atoms with Crippen LogP contribution in [0.5, 0.6) is 0 Å². The number of aliphatic hydroxyl groups excluding tert-OH is 1. The molecule has 32 heavy (non-hydrogen) atoms. The molecular weight excluding hydrogens is 417 g/mol. The van der Waals surface area contributed by atoms with Crippen molar-refractivity contribution in [2.75, 3.05) is 24.5 Å². The fourth-order valence-electron chi connectivity index (χ4n) is 3.24. The Morgan fingerprint density at radius 2 is 2.09 bits per heavy atom. The fourth-order valence-corrected chi connectivity index (χ4v) is 3.24. The van der Waals surface area contributed by atoms with Crippen LogP contribution >= 0.6 is 0 Å². The normalized spacial score (nSPS) is 17.2. The molecule has 0 radical (unpaired) electrons. The lowest BCUT2D eigenvalue weighted by Gasteiger charge is -2.15. The number of carbonyl (C=O) groups excluding carboxylic acids is 2. The third kappa shape index (κ3) is 5.67. The van der Waals surface area contributed by atoms with Gasteiger partial charge in [0.1, 0.15) is 11.9 Å². The lowest BCUT2D eigenvalue weighted by molar-refractivity contribution is -0.119. The molecule has 0 unspecified atom stereocenters. The zero-order valence-electron chi connectivity index (χ0n) is 17.4. The fraction of sp³-hybridized carbons (Fsp3) is 0.273. The summed E-state index contributed by atoms with van der Waals surface area (Å²) >= 11 is 0. The van der Waals surface area contributed by atoms with Crippen LogP contribution in [0.2, 0.25) is 0 Å². The second-order valence-corrected chi connectivity index (χ2v) is 7.17. The number of amides is 2. The average Bonchev–Trinajstić information content (AvgIpc) is 3.16. The molecule has 0 aliphatic carbocycles. The summed E-state index contributed by atoms with van der Waals surface area (Å²) in [6.07, 6.45) is 0.802. The summed E-state index contributed by atoms with van der Waals surface area (Å²) in [4.78, 5) is 28.5. The van der Waals surface area contributed by atoms with Crippen LogP contribution < -0.4 is 16.1 Å². The predicted molar refractivity (Wildman–Crippen MR) is 119 cm³/mol. The van der Waals surface area contributed by atoms with Crippen LogP contribution in [0, 0.1) is 5.82 Å². The molecule has 0 spiro atoms. The largest absolute Gasteiger partial charge is 0.442 e. The van der Waals surface area contributed by atoms with E-state index in [0.29, 0.717) is 22.4 Å². The number of ether oxygens (including phenoxy) is 1. The first-order valence-corrected chi connectivity index (χ1v) is 9.91. The SMILES string of the molecule is CC(=O)NC[C@H]1CN(c2ccc(-c3ccc([C@H](O)CN=CC=NN)cc3)c(F)c2)C(=O)O1. The van der Waals surface area contributed by atoms with Gasteiger partial charge >= 0.3 is 6.09 Å². The van der Waals surface area contributed by atoms with Crippen LogP contribution in [0.3, 0.4) is 0 Å². The molecule has 0 bridgehead atoms. The first kappa shape index (κ1) is 22.9. The van der Waals surface area contributed by atoms with Crippen LogP contribution in [0.1, 0.15) is 18.6 Å². The van der Waals surface area contributed by atoms with Crippen molar-refractivity contribution in [3.05, 3.63) is 53.8 Å². The maximum absolute atomic E-state index is 14.8. The molecule has 1 aliphatic rings. The first-order chi connectivity index (χ1) is 15.4. The van der Waals surface area contributed by atoms with E-state index in [2.05, 4.69) is 15.4 Å². The molecule has 2 amide bonds. The molecule has 2 aromatic carbocycles. The number of cyclic esters (lactones) is 1. The van der Waals surface area contributed by atoms with Gasteiger partial charge in [-0.2, -0.15) is 5.10 Å². The Morgan fingerprint density at radius 3 is 2.75 bits per heavy atom. The van der Waals surface area contributed by atoms with Crippen molar-refractivity contribution in [2.24, 2.45) is 15.9 Å². The first-order valence-electron chi connectivity index (χ1n) is 9.91. The number of carbonyl (C=O) groups is 2. The lowest BCUT2D eigenvalue weighted by Crippen LogP contribution is -2.33. The Labute approximate surface area is 184 Å². The van der Waals surface area contributed by atoms with Gasteiger partial charge in [0.05, 0.1) is 37.6 Å². The molecule has 10 heteroatoms. The lowest BCUT2D eigenvalue weighted by atomic mass is 10.0. The molecule has 2 atom stereocenters. The number of halogens is 1. The quantitative estimate of drug-likeness (QED) is 0.328. The number of hydrogen-bond acceptors (Lipinski definition) is 7. The van der Waals surface area contributed by atoms with Gasteiger partial charge in [-0.3, -0.25) is 14.7 Å². The number of nitrogens with one attached hydrogen (secondary N) is 1. The molecular formula is C22H24FN5O4. The predicted octanol–water partition coefficient (Wildman–Crippen LogP) is 2.00. The van der Waals surface area contributed by atoms with Gasteiger partial charge in [0.25, 0.3) is 0 Å². The number of hydrogen-bond donors (Lipinski definition) is 3. The second kappa shape index (κ2) is 10.5. The van der Waals surface area contributed by atoms with Crippen molar-refractivity contribution in [1.29, 1.82) is 0 Å². The molecule has 1 aliphatic heterocycles. The van der Waals surface area contributed by atoms with Crippen LogP contribution in [0.4, 0.5) is 14.9 Å². The van der Waals surface area contributed by atoms with E-state index in [4.69, 9.17) is 10.6 Å². The Balaban J connectivity index is 1.69. The average molecular weight is 441 g/mol. The van der Waals surface area contributed by atoms with Crippen molar-refractivity contribution < 1.29 is 23.8 Å². The van der Waals surface area contributed by atoms with E-state index in [0.717, 1.165) is 0 Å². The number of aliphatic hydroxyl groups is 1. The van der Waals surface area contributed by atoms with Crippen molar-refractivity contribution in [3.63, 3.8) is 0 Å². The number of nitrogens with zero attached hydrogens (tertiary/aromatic N) is 3. The topological polar surface area (TPSA) is 130 Å². The van der Waals surface area contributed by atoms with Gasteiger partial charge in [0, 0.05) is 18.7 Å². The van der Waals surface area contributed by atoms with Crippen LogP contribution in [-0.4, -0.2) is 55.3 Å². The van der Waals surface area contributed by atoms with Crippen LogP contribution in [0.25, 0.3) is 11.1 Å². The van der Waals surface area contributed by atoms with E-state index >= 15 is 0 Å². The minimum atomic E-state index is -0.815. The van der Waals surface area contributed by atoms with Gasteiger partial charge in [-0.1, -0.05) is 24.3 Å². The number of anilines is 1. The van der Waals surface area contributed by atoms with E-state index in [9.17, 15) is 19.1 Å². The maximum Gasteiger partial charge on any atom is 0.414 e. The van der Waals surface area contributed by atoms with E-state index < -0.39 is 24.1 Å². The monoisotopic (exact) mass is 441 g/mol. The van der Waals surface area contributed by atoms with Crippen LogP contribution in [-0.2, 0) is 9.53 Å². The van der Waals surface area contributed by atoms with E-state index in [1.165, 1.54) is 30.3 Å². The van der Waals surface area contributed by atoms with Crippen molar-refractivity contribution >= 4 is 30.1 Å². The maximum atomic E-state index is 14.8. The highest BCUT2D eigenvalue weighted by Gasteiger charge is 2.32. The molecule has 3 rings (SSSR count). The molecule has 1 fully saturated rings. The third-order valence-corrected chi connectivity index (χ3v) is 4.86. The number of aliphatic imine (C=N–C) groups is 1. The smallest absolute Gasteiger partial charge is 0.414 e. The Kier molecular flexibility index (Phi) is 7.50. The number of rotatable bonds is 8. The Morgan fingerprint density at radius 1 is 1.34 bits per heavy atom. The molecule has 0 aromatic heterocycles. The highest BCUT2D eigenvalue weighted by Crippen LogP contribution is 2.30. The van der Waals surface area contributed by atoms with Gasteiger partial charge in [0.15, 0.2) is 0 Å². The number of hydrazone groups is 1. The minimum Gasteiger partial charge on any atom is -0.442 e. The summed E-state index contributed by atoms with van der Waals surface area (Å²) < 4.78 is 20.1. The molecule has 0 saturated carbocycles. The van der Waals surface area contributed by atoms with Gasteiger partial charge in [-0.15, -0.1) is 0 Å². The number of nitrogens with two attached hydrogens (primary N) is 1. The standard InChI is InChI=1S/C22H24FN5O4/c1-14(29)26-11-18-13-28(22(31)32-18)17-6-7-19(20(23)10-17)15-2-4-16(5-3-15)21(30)12-25-8-9-27-24/h2-10,18,21,30H,11-13,24H2,1H3,(H,26,29)/t18-,21+/m0/s1. The van der Waals surface area contributed by atoms with Gasteiger partial charge < -0.3 is 21.0 Å². The van der Waals surface area contributed by atoms with E-state index in [1.54, 1.807) is 36.4 Å². The summed E-state index contributed by atoms with van der Waals surface area (Å²) in [6.45, 7) is 1.93. The Hall–Kier alpha value is -3.79. The molecule has 1 saturated heterocycles. The molecule has 2 aromatic rings. The zero-order chi connectivity index (χ0) is 23.1. The third-order valence-electron chi connectivity index (χ3n) is 4.86. The van der Waals surface area contributed by atoms with Gasteiger partial charge in [-0.05, 0) is 29.3 Å². The summed E-state index contributed by atoms with van der Waals surface area (Å²) in [6, 6.07) is 11.3. The van der Waals surface area contributed by atoms with Gasteiger partial charge in [-0.25, -0.2) is 9.18 Å². The Bertz CT molecular complexity index is 1030. The van der Waals surface area contributed by atoms with E-state index in [-0.39, 0.29) is 25.5 Å². The van der Waals surface area contributed by atoms with E-state index in [1.807, 2.05) is 0 Å². The molecule has 4 N–H and O–H groups in total. The summed E-state index contributed by atoms with van der Waals surface area (Å²) in [5.74, 6) is 4.25. The molecule has 9 nitrogen and oxygen atoms in total.